The summed E-state index contributed by atoms with van der Waals surface area (Å²) in [6.45, 7) is 5.84. The Hall–Kier alpha value is -1.40. The highest BCUT2D eigenvalue weighted by Crippen LogP contribution is 2.56. The summed E-state index contributed by atoms with van der Waals surface area (Å²) in [5.74, 6) is 2.37. The van der Waals surface area contributed by atoms with E-state index in [1.807, 2.05) is 11.3 Å². The lowest BCUT2D eigenvalue weighted by molar-refractivity contribution is -0.136. The number of aliphatic carboxylic acids is 1. The van der Waals surface area contributed by atoms with Gasteiger partial charge in [-0.25, -0.2) is 4.98 Å². The maximum Gasteiger partial charge on any atom is 0.305 e. The Balaban J connectivity index is 1.51. The predicted octanol–water partition coefficient (Wildman–Crippen LogP) is 5.40. The summed E-state index contributed by atoms with van der Waals surface area (Å²) in [6, 6.07) is 4.35. The van der Waals surface area contributed by atoms with Crippen LogP contribution in [-0.4, -0.2) is 22.6 Å². The number of carboxylic acid groups (broad SMARTS) is 1. The Bertz CT molecular complexity index is 800. The van der Waals surface area contributed by atoms with Gasteiger partial charge in [0.1, 0.15) is 0 Å². The van der Waals surface area contributed by atoms with Crippen LogP contribution in [0.5, 0.6) is 0 Å². The van der Waals surface area contributed by atoms with Gasteiger partial charge in [0.05, 0.1) is 18.7 Å². The van der Waals surface area contributed by atoms with Crippen molar-refractivity contribution in [3.63, 3.8) is 0 Å². The first kappa shape index (κ1) is 18.9. The van der Waals surface area contributed by atoms with E-state index < -0.39 is 5.97 Å². The lowest BCUT2D eigenvalue weighted by Crippen LogP contribution is -2.25. The fourth-order valence-corrected chi connectivity index (χ4v) is 6.86. The zero-order chi connectivity index (χ0) is 19.0. The molecule has 146 valence electrons. The van der Waals surface area contributed by atoms with E-state index in [2.05, 4.69) is 36.3 Å². The summed E-state index contributed by atoms with van der Waals surface area (Å²) in [4.78, 5) is 20.9. The van der Waals surface area contributed by atoms with Crippen molar-refractivity contribution in [2.24, 2.45) is 17.8 Å². The molecule has 0 aliphatic heterocycles. The predicted molar refractivity (Wildman–Crippen MR) is 112 cm³/mol. The van der Waals surface area contributed by atoms with Crippen LogP contribution in [0.2, 0.25) is 0 Å². The molecule has 2 heterocycles. The second kappa shape index (κ2) is 7.92. The Morgan fingerprint density at radius 1 is 1.33 bits per heavy atom. The molecule has 4 nitrogen and oxygen atoms in total. The second-order valence-corrected chi connectivity index (χ2v) is 10.1. The highest BCUT2D eigenvalue weighted by molar-refractivity contribution is 7.14. The number of carbonyl (C=O) groups is 1. The fourth-order valence-electron chi connectivity index (χ4n) is 4.97. The van der Waals surface area contributed by atoms with Crippen molar-refractivity contribution in [2.75, 3.05) is 11.4 Å². The van der Waals surface area contributed by atoms with E-state index in [1.165, 1.54) is 34.7 Å². The number of aryl methyl sites for hydroxylation is 1. The van der Waals surface area contributed by atoms with Gasteiger partial charge < -0.3 is 10.0 Å². The Morgan fingerprint density at radius 3 is 2.78 bits per heavy atom. The molecule has 27 heavy (non-hydrogen) atoms. The van der Waals surface area contributed by atoms with Crippen LogP contribution >= 0.6 is 22.7 Å². The Kier molecular flexibility index (Phi) is 5.55. The molecule has 2 aliphatic carbocycles. The summed E-state index contributed by atoms with van der Waals surface area (Å²) < 4.78 is 0. The minimum Gasteiger partial charge on any atom is -0.481 e. The number of hydrogen-bond donors (Lipinski definition) is 1. The van der Waals surface area contributed by atoms with Gasteiger partial charge in [0.25, 0.3) is 0 Å². The Labute approximate surface area is 169 Å². The second-order valence-electron chi connectivity index (χ2n) is 8.04. The molecule has 2 fully saturated rings. The normalized spacial score (nSPS) is 26.6. The van der Waals surface area contributed by atoms with Crippen molar-refractivity contribution in [3.8, 4) is 0 Å². The lowest BCUT2D eigenvalue weighted by atomic mass is 9.86. The molecule has 4 rings (SSSR count). The molecule has 4 unspecified atom stereocenters. The van der Waals surface area contributed by atoms with Crippen LogP contribution < -0.4 is 4.90 Å². The van der Waals surface area contributed by atoms with Gasteiger partial charge in [-0.05, 0) is 55.6 Å². The molecule has 0 radical (unpaired) electrons. The number of fused-ring (bicyclic) bond motifs is 2. The third-order valence-electron chi connectivity index (χ3n) is 6.53. The molecular formula is C21H28N2O2S2. The number of thiophene rings is 1. The third-order valence-corrected chi connectivity index (χ3v) is 8.67. The zero-order valence-corrected chi connectivity index (χ0v) is 17.7. The maximum absolute atomic E-state index is 11.1. The minimum absolute atomic E-state index is 0.145. The van der Waals surface area contributed by atoms with Gasteiger partial charge in [-0.1, -0.05) is 13.8 Å². The minimum atomic E-state index is -0.751. The van der Waals surface area contributed by atoms with Gasteiger partial charge in [-0.3, -0.25) is 4.79 Å². The monoisotopic (exact) mass is 404 g/mol. The van der Waals surface area contributed by atoms with Gasteiger partial charge in [-0.15, -0.1) is 22.7 Å². The summed E-state index contributed by atoms with van der Waals surface area (Å²) in [7, 11) is 0. The molecule has 1 N–H and O–H groups in total. The SMILES string of the molecule is CCc1ccc(CN(CCC(=O)O)c2nc(C3CC4CCC3C4C)cs2)s1. The molecule has 4 atom stereocenters. The highest BCUT2D eigenvalue weighted by Gasteiger charge is 2.46. The van der Waals surface area contributed by atoms with Crippen molar-refractivity contribution in [1.29, 1.82) is 0 Å². The fraction of sp³-hybridized carbons (Fsp3) is 0.619. The maximum atomic E-state index is 11.1. The largest absolute Gasteiger partial charge is 0.481 e. The van der Waals surface area contributed by atoms with Crippen LogP contribution in [0.1, 0.15) is 60.9 Å². The van der Waals surface area contributed by atoms with Crippen molar-refractivity contribution in [1.82, 2.24) is 4.98 Å². The first-order valence-electron chi connectivity index (χ1n) is 10.0. The Morgan fingerprint density at radius 2 is 2.15 bits per heavy atom. The molecule has 2 aromatic rings. The van der Waals surface area contributed by atoms with E-state index in [0.717, 1.165) is 35.9 Å². The summed E-state index contributed by atoms with van der Waals surface area (Å²) in [5.41, 5.74) is 1.25. The molecule has 2 bridgehead atoms. The number of thiazole rings is 1. The first-order chi connectivity index (χ1) is 13.0. The van der Waals surface area contributed by atoms with Crippen molar-refractivity contribution >= 4 is 33.8 Å². The van der Waals surface area contributed by atoms with E-state index in [0.29, 0.717) is 12.5 Å². The standard InChI is InChI=1S/C21H28N2O2S2/c1-3-15-5-6-16(27-15)11-23(9-8-20(24)25)21-22-19(12-26-21)18-10-14-4-7-17(18)13(14)2/h5-6,12-14,17-18H,3-4,7-11H2,1-2H3,(H,24,25). The number of aromatic nitrogens is 1. The van der Waals surface area contributed by atoms with E-state index in [9.17, 15) is 4.79 Å². The van der Waals surface area contributed by atoms with Crippen LogP contribution in [0.4, 0.5) is 5.13 Å². The van der Waals surface area contributed by atoms with Crippen molar-refractivity contribution in [2.45, 2.75) is 58.4 Å². The lowest BCUT2D eigenvalue weighted by Gasteiger charge is -2.22. The number of nitrogens with zero attached hydrogens (tertiary/aromatic N) is 2. The number of hydrogen-bond acceptors (Lipinski definition) is 5. The van der Waals surface area contributed by atoms with Gasteiger partial charge in [0.2, 0.25) is 0 Å². The molecular weight excluding hydrogens is 376 g/mol. The molecule has 0 saturated heterocycles. The van der Waals surface area contributed by atoms with E-state index >= 15 is 0 Å². The number of anilines is 1. The molecule has 2 aromatic heterocycles. The summed E-state index contributed by atoms with van der Waals surface area (Å²) >= 11 is 3.50. The number of rotatable bonds is 8. The van der Waals surface area contributed by atoms with Crippen LogP contribution in [0.25, 0.3) is 0 Å². The molecule has 0 amide bonds. The molecule has 0 spiro atoms. The summed E-state index contributed by atoms with van der Waals surface area (Å²) in [5, 5.41) is 12.4. The van der Waals surface area contributed by atoms with Crippen LogP contribution in [0.3, 0.4) is 0 Å². The van der Waals surface area contributed by atoms with Crippen LogP contribution in [0, 0.1) is 17.8 Å². The van der Waals surface area contributed by atoms with Gasteiger partial charge >= 0.3 is 5.97 Å². The van der Waals surface area contributed by atoms with Crippen LogP contribution in [0.15, 0.2) is 17.5 Å². The average Bonchev–Trinajstić information content (AvgIpc) is 3.43. The molecule has 6 heteroatoms. The smallest absolute Gasteiger partial charge is 0.305 e. The van der Waals surface area contributed by atoms with E-state index in [-0.39, 0.29) is 6.42 Å². The van der Waals surface area contributed by atoms with Crippen molar-refractivity contribution in [3.05, 3.63) is 33.0 Å². The molecule has 0 aromatic carbocycles. The van der Waals surface area contributed by atoms with E-state index in [4.69, 9.17) is 10.1 Å². The van der Waals surface area contributed by atoms with E-state index in [1.54, 1.807) is 11.3 Å². The molecule has 2 aliphatic rings. The molecule has 2 saturated carbocycles. The van der Waals surface area contributed by atoms with Crippen molar-refractivity contribution < 1.29 is 9.90 Å². The van der Waals surface area contributed by atoms with Gasteiger partial charge in [0.15, 0.2) is 5.13 Å². The topological polar surface area (TPSA) is 53.4 Å². The highest BCUT2D eigenvalue weighted by atomic mass is 32.1. The van der Waals surface area contributed by atoms with Gasteiger partial charge in [-0.2, -0.15) is 0 Å². The number of carboxylic acids is 1. The zero-order valence-electron chi connectivity index (χ0n) is 16.1. The van der Waals surface area contributed by atoms with Gasteiger partial charge in [0, 0.05) is 27.6 Å². The quantitative estimate of drug-likeness (QED) is 0.640. The average molecular weight is 405 g/mol. The summed E-state index contributed by atoms with van der Waals surface area (Å²) in [6.07, 6.45) is 5.22. The first-order valence-corrected chi connectivity index (χ1v) is 11.7. The third kappa shape index (κ3) is 3.92. The van der Waals surface area contributed by atoms with Crippen LogP contribution in [-0.2, 0) is 17.8 Å².